The van der Waals surface area contributed by atoms with Crippen LogP contribution in [0.4, 0.5) is 57.1 Å². The average molecular weight is 693 g/mol. The van der Waals surface area contributed by atoms with Crippen LogP contribution in [0.25, 0.3) is 0 Å². The standard InChI is InChI=1S/C25H17F13O4S2/c1-41-16-12-14-19(15-13-16)43(17-8-4-2-5-9-17,18-10-6-3-7-11-18)42-44(39,40)25(37,38)23(32,33)21(28,29)20(26,27)22(30,31)24(34,35)36/h2-15H,1H3. The summed E-state index contributed by atoms with van der Waals surface area (Å²) >= 11 is 0. The van der Waals surface area contributed by atoms with Crippen LogP contribution in [-0.4, -0.2) is 50.6 Å². The van der Waals surface area contributed by atoms with Gasteiger partial charge in [0.2, 0.25) is 0 Å². The molecule has 0 spiro atoms. The summed E-state index contributed by atoms with van der Waals surface area (Å²) < 4.78 is 215. The smallest absolute Gasteiger partial charge is 0.460 e. The molecule has 3 aromatic rings. The third kappa shape index (κ3) is 5.25. The average Bonchev–Trinajstić information content (AvgIpc) is 2.95. The molecular weight excluding hydrogens is 675 g/mol. The molecule has 0 bridgehead atoms. The van der Waals surface area contributed by atoms with Gasteiger partial charge in [-0.15, -0.1) is 0 Å². The van der Waals surface area contributed by atoms with Crippen LogP contribution in [0.15, 0.2) is 99.6 Å². The largest absolute Gasteiger partial charge is 0.497 e. The van der Waals surface area contributed by atoms with E-state index >= 15 is 8.78 Å². The van der Waals surface area contributed by atoms with E-state index in [1.165, 1.54) is 43.5 Å². The summed E-state index contributed by atoms with van der Waals surface area (Å²) in [4.78, 5) is -1.15. The lowest BCUT2D eigenvalue weighted by Crippen LogP contribution is -2.71. The van der Waals surface area contributed by atoms with Gasteiger partial charge in [-0.3, -0.25) is 0 Å². The van der Waals surface area contributed by atoms with Gasteiger partial charge >= 0.3 is 45.2 Å². The minimum Gasteiger partial charge on any atom is -0.497 e. The normalized spacial score (nSPS) is 14.8. The van der Waals surface area contributed by atoms with Crippen LogP contribution >= 0.6 is 10.3 Å². The van der Waals surface area contributed by atoms with E-state index in [0.717, 1.165) is 48.5 Å². The van der Waals surface area contributed by atoms with Gasteiger partial charge in [-0.2, -0.15) is 65.5 Å². The molecule has 0 saturated heterocycles. The zero-order valence-electron chi connectivity index (χ0n) is 21.4. The zero-order chi connectivity index (χ0) is 33.6. The highest BCUT2D eigenvalue weighted by Crippen LogP contribution is 2.71. The lowest BCUT2D eigenvalue weighted by Gasteiger charge is -2.42. The Balaban J connectivity index is 2.33. The van der Waals surface area contributed by atoms with Crippen LogP contribution in [0.1, 0.15) is 0 Å². The van der Waals surface area contributed by atoms with E-state index < -0.39 is 60.4 Å². The maximum atomic E-state index is 15.1. The number of methoxy groups -OCH3 is 1. The fraction of sp³-hybridized carbons (Fsp3) is 0.280. The van der Waals surface area contributed by atoms with Crippen LogP contribution < -0.4 is 4.74 Å². The molecule has 0 heterocycles. The van der Waals surface area contributed by atoms with Gasteiger partial charge in [-0.25, -0.2) is 3.63 Å². The van der Waals surface area contributed by atoms with Gasteiger partial charge in [0, 0.05) is 14.7 Å². The highest BCUT2D eigenvalue weighted by atomic mass is 32.3. The fourth-order valence-corrected chi connectivity index (χ4v) is 8.83. The monoisotopic (exact) mass is 692 g/mol. The van der Waals surface area contributed by atoms with Gasteiger partial charge in [-0.05, 0) is 58.8 Å². The molecule has 0 unspecified atom stereocenters. The molecule has 0 N–H and O–H groups in total. The van der Waals surface area contributed by atoms with E-state index in [1.807, 2.05) is 0 Å². The Kier molecular flexibility index (Phi) is 9.07. The molecule has 3 rings (SSSR count). The molecule has 244 valence electrons. The number of alkyl halides is 13. The quantitative estimate of drug-likeness (QED) is 0.189. The third-order valence-corrected chi connectivity index (χ3v) is 11.2. The molecule has 4 nitrogen and oxygen atoms in total. The topological polar surface area (TPSA) is 52.6 Å². The van der Waals surface area contributed by atoms with E-state index in [-0.39, 0.29) is 15.5 Å². The molecule has 0 amide bonds. The second-order valence-corrected chi connectivity index (χ2v) is 13.2. The van der Waals surface area contributed by atoms with Gasteiger partial charge in [0.1, 0.15) is 5.75 Å². The van der Waals surface area contributed by atoms with E-state index in [2.05, 4.69) is 3.63 Å². The molecule has 44 heavy (non-hydrogen) atoms. The van der Waals surface area contributed by atoms with Crippen molar-refractivity contribution in [2.45, 2.75) is 49.8 Å². The van der Waals surface area contributed by atoms with Crippen molar-refractivity contribution in [2.24, 2.45) is 0 Å². The molecule has 0 aliphatic heterocycles. The van der Waals surface area contributed by atoms with Crippen molar-refractivity contribution in [1.29, 1.82) is 0 Å². The molecule has 0 radical (unpaired) electrons. The van der Waals surface area contributed by atoms with E-state index in [4.69, 9.17) is 4.74 Å². The summed E-state index contributed by atoms with van der Waals surface area (Å²) in [5.41, 5.74) is 0. The van der Waals surface area contributed by atoms with Gasteiger partial charge < -0.3 is 4.74 Å². The molecule has 19 heteroatoms. The van der Waals surface area contributed by atoms with E-state index in [0.29, 0.717) is 0 Å². The van der Waals surface area contributed by atoms with Crippen LogP contribution in [-0.2, 0) is 13.7 Å². The Labute approximate surface area is 242 Å². The predicted octanol–water partition coefficient (Wildman–Crippen LogP) is 8.93. The molecule has 0 atom stereocenters. The number of ether oxygens (including phenoxy) is 1. The second-order valence-electron chi connectivity index (χ2n) is 8.69. The van der Waals surface area contributed by atoms with Crippen molar-refractivity contribution < 1.29 is 73.9 Å². The maximum absolute atomic E-state index is 15.1. The SMILES string of the molecule is COc1ccc(S(OS(=O)(=O)C(F)(F)C(F)(F)C(F)(F)C(F)(F)C(F)(F)C(F)(F)F)(c2ccccc2)c2ccccc2)cc1. The summed E-state index contributed by atoms with van der Waals surface area (Å²) in [6, 6.07) is 15.9. The predicted molar refractivity (Wildman–Crippen MR) is 129 cm³/mol. The van der Waals surface area contributed by atoms with Crippen molar-refractivity contribution >= 4 is 20.4 Å². The number of rotatable bonds is 11. The molecule has 3 aromatic carbocycles. The van der Waals surface area contributed by atoms with Crippen molar-refractivity contribution in [3.8, 4) is 5.75 Å². The van der Waals surface area contributed by atoms with Crippen molar-refractivity contribution in [2.75, 3.05) is 7.11 Å². The highest BCUT2D eigenvalue weighted by molar-refractivity contribution is 8.33. The number of halogens is 13. The summed E-state index contributed by atoms with van der Waals surface area (Å²) in [5.74, 6) is -32.7. The van der Waals surface area contributed by atoms with E-state index in [1.54, 1.807) is 0 Å². The van der Waals surface area contributed by atoms with Crippen molar-refractivity contribution in [3.05, 3.63) is 84.9 Å². The lowest BCUT2D eigenvalue weighted by atomic mass is 9.98. The maximum Gasteiger partial charge on any atom is 0.460 e. The molecule has 0 fully saturated rings. The molecule has 0 aliphatic rings. The molecule has 0 aliphatic carbocycles. The fourth-order valence-electron chi connectivity index (χ4n) is 3.61. The first kappa shape index (κ1) is 35.3. The van der Waals surface area contributed by atoms with Crippen LogP contribution in [0.2, 0.25) is 0 Å². The van der Waals surface area contributed by atoms with Crippen molar-refractivity contribution in [3.63, 3.8) is 0 Å². The van der Waals surface area contributed by atoms with Gasteiger partial charge in [-0.1, -0.05) is 36.4 Å². The third-order valence-electron chi connectivity index (χ3n) is 5.95. The minimum absolute atomic E-state index is 0.0790. The van der Waals surface area contributed by atoms with Crippen LogP contribution in [0, 0.1) is 0 Å². The first-order chi connectivity index (χ1) is 20.0. The Morgan fingerprint density at radius 2 is 0.864 bits per heavy atom. The van der Waals surface area contributed by atoms with Crippen molar-refractivity contribution in [1.82, 2.24) is 0 Å². The van der Waals surface area contributed by atoms with Gasteiger partial charge in [0.25, 0.3) is 0 Å². The Bertz CT molecular complexity index is 1510. The first-order valence-corrected chi connectivity index (χ1v) is 14.4. The summed E-state index contributed by atoms with van der Waals surface area (Å²) in [6.45, 7) is 0. The Hall–Kier alpha value is -3.19. The first-order valence-electron chi connectivity index (χ1n) is 11.4. The van der Waals surface area contributed by atoms with E-state index in [9.17, 15) is 56.7 Å². The number of benzene rings is 3. The molecule has 0 saturated carbocycles. The molecular formula is C25H17F13O4S2. The second kappa shape index (κ2) is 11.3. The Morgan fingerprint density at radius 1 is 0.500 bits per heavy atom. The minimum atomic E-state index is -8.34. The Morgan fingerprint density at radius 3 is 1.23 bits per heavy atom. The van der Waals surface area contributed by atoms with Crippen LogP contribution in [0.5, 0.6) is 5.75 Å². The summed E-state index contributed by atoms with van der Waals surface area (Å²) in [7, 11) is -10.8. The number of hydrogen-bond donors (Lipinski definition) is 0. The lowest BCUT2D eigenvalue weighted by molar-refractivity contribution is -0.433. The summed E-state index contributed by atoms with van der Waals surface area (Å²) in [6.07, 6.45) is -7.66. The molecule has 0 aromatic heterocycles. The number of hydrogen-bond acceptors (Lipinski definition) is 4. The van der Waals surface area contributed by atoms with Gasteiger partial charge in [0.15, 0.2) is 0 Å². The van der Waals surface area contributed by atoms with Crippen LogP contribution in [0.3, 0.4) is 0 Å². The zero-order valence-corrected chi connectivity index (χ0v) is 23.1. The van der Waals surface area contributed by atoms with Gasteiger partial charge in [0.05, 0.1) is 7.11 Å². The summed E-state index contributed by atoms with van der Waals surface area (Å²) in [5, 5.41) is -7.55. The highest BCUT2D eigenvalue weighted by Gasteiger charge is 2.93.